The molecule has 0 spiro atoms. The monoisotopic (exact) mass is 234 g/mol. The largest absolute Gasteiger partial charge is 0.495 e. The molecule has 4 nitrogen and oxygen atoms in total. The molecule has 0 atom stereocenters. The summed E-state index contributed by atoms with van der Waals surface area (Å²) < 4.78 is 5.36. The molecule has 1 aliphatic rings. The first-order valence-electron chi connectivity index (χ1n) is 5.88. The predicted octanol–water partition coefficient (Wildman–Crippen LogP) is 1.19. The molecule has 1 aromatic carbocycles. The number of anilines is 1. The quantitative estimate of drug-likeness (QED) is 0.854. The van der Waals surface area contributed by atoms with Gasteiger partial charge in [0, 0.05) is 6.54 Å². The van der Waals surface area contributed by atoms with E-state index in [9.17, 15) is 4.79 Å². The highest BCUT2D eigenvalue weighted by Crippen LogP contribution is 2.35. The van der Waals surface area contributed by atoms with E-state index in [1.807, 2.05) is 17.0 Å². The second-order valence-electron chi connectivity index (χ2n) is 4.15. The molecule has 1 aromatic rings. The first kappa shape index (κ1) is 11.9. The molecule has 4 heteroatoms. The second-order valence-corrected chi connectivity index (χ2v) is 4.15. The summed E-state index contributed by atoms with van der Waals surface area (Å²) in [5.41, 5.74) is 2.14. The van der Waals surface area contributed by atoms with Crippen molar-refractivity contribution in [3.8, 4) is 5.75 Å². The fourth-order valence-corrected chi connectivity index (χ4v) is 2.28. The molecule has 1 heterocycles. The van der Waals surface area contributed by atoms with E-state index >= 15 is 0 Å². The summed E-state index contributed by atoms with van der Waals surface area (Å²) in [6.07, 6.45) is 2.02. The third-order valence-corrected chi connectivity index (χ3v) is 3.03. The highest BCUT2D eigenvalue weighted by molar-refractivity contribution is 5.97. The fraction of sp³-hybridized carbons (Fsp3) is 0.462. The SMILES string of the molecule is CNCC(=O)N1CCCc2cccc(OC)c21. The molecule has 1 N–H and O–H groups in total. The van der Waals surface area contributed by atoms with Crippen LogP contribution in [0, 0.1) is 0 Å². The van der Waals surface area contributed by atoms with Crippen LogP contribution >= 0.6 is 0 Å². The number of methoxy groups -OCH3 is 1. The van der Waals surface area contributed by atoms with Gasteiger partial charge in [-0.3, -0.25) is 4.79 Å². The van der Waals surface area contributed by atoms with E-state index < -0.39 is 0 Å². The standard InChI is InChI=1S/C13H18N2O2/c1-14-9-12(16)15-8-4-6-10-5-3-7-11(17-2)13(10)15/h3,5,7,14H,4,6,8-9H2,1-2H3. The zero-order valence-corrected chi connectivity index (χ0v) is 10.3. The predicted molar refractivity (Wildman–Crippen MR) is 67.6 cm³/mol. The Morgan fingerprint density at radius 2 is 2.35 bits per heavy atom. The third kappa shape index (κ3) is 2.26. The summed E-state index contributed by atoms with van der Waals surface area (Å²) >= 11 is 0. The molecule has 0 fully saturated rings. The van der Waals surface area contributed by atoms with Crippen LogP contribution in [0.1, 0.15) is 12.0 Å². The zero-order valence-electron chi connectivity index (χ0n) is 10.3. The number of carbonyl (C=O) groups excluding carboxylic acids is 1. The Kier molecular flexibility index (Phi) is 3.64. The minimum atomic E-state index is 0.0953. The van der Waals surface area contributed by atoms with Gasteiger partial charge in [0.2, 0.25) is 5.91 Å². The molecule has 0 saturated carbocycles. The molecule has 2 rings (SSSR count). The van der Waals surface area contributed by atoms with Gasteiger partial charge >= 0.3 is 0 Å². The van der Waals surface area contributed by atoms with Crippen LogP contribution in [0.3, 0.4) is 0 Å². The van der Waals surface area contributed by atoms with E-state index in [0.717, 1.165) is 30.8 Å². The van der Waals surface area contributed by atoms with Gasteiger partial charge in [-0.25, -0.2) is 0 Å². The molecule has 0 aromatic heterocycles. The number of aryl methyl sites for hydroxylation is 1. The van der Waals surface area contributed by atoms with Gasteiger partial charge in [-0.2, -0.15) is 0 Å². The van der Waals surface area contributed by atoms with Gasteiger partial charge in [-0.1, -0.05) is 12.1 Å². The van der Waals surface area contributed by atoms with Crippen molar-refractivity contribution in [1.29, 1.82) is 0 Å². The maximum Gasteiger partial charge on any atom is 0.241 e. The van der Waals surface area contributed by atoms with Crippen LogP contribution < -0.4 is 15.0 Å². The molecular formula is C13H18N2O2. The number of carbonyl (C=O) groups is 1. The van der Waals surface area contributed by atoms with E-state index in [-0.39, 0.29) is 5.91 Å². The van der Waals surface area contributed by atoms with E-state index in [1.165, 1.54) is 5.56 Å². The number of nitrogens with one attached hydrogen (secondary N) is 1. The van der Waals surface area contributed by atoms with Gasteiger partial charge in [0.05, 0.1) is 19.3 Å². The van der Waals surface area contributed by atoms with E-state index in [0.29, 0.717) is 6.54 Å². The summed E-state index contributed by atoms with van der Waals surface area (Å²) in [5.74, 6) is 0.879. The minimum absolute atomic E-state index is 0.0953. The molecule has 1 aliphatic heterocycles. The smallest absolute Gasteiger partial charge is 0.241 e. The summed E-state index contributed by atoms with van der Waals surface area (Å²) in [5, 5.41) is 2.90. The Morgan fingerprint density at radius 3 is 3.06 bits per heavy atom. The summed E-state index contributed by atoms with van der Waals surface area (Å²) in [6.45, 7) is 1.13. The highest BCUT2D eigenvalue weighted by Gasteiger charge is 2.25. The van der Waals surface area contributed by atoms with Gasteiger partial charge in [0.1, 0.15) is 5.75 Å². The van der Waals surface area contributed by atoms with Crippen LogP contribution in [0.4, 0.5) is 5.69 Å². The van der Waals surface area contributed by atoms with Crippen molar-refractivity contribution < 1.29 is 9.53 Å². The van der Waals surface area contributed by atoms with Gasteiger partial charge in [0.15, 0.2) is 0 Å². The molecule has 0 bridgehead atoms. The summed E-state index contributed by atoms with van der Waals surface area (Å²) in [6, 6.07) is 5.95. The lowest BCUT2D eigenvalue weighted by Gasteiger charge is -2.30. The Bertz CT molecular complexity index is 404. The van der Waals surface area contributed by atoms with Crippen LogP contribution in [0.2, 0.25) is 0 Å². The Labute approximate surface area is 102 Å². The number of benzene rings is 1. The molecule has 17 heavy (non-hydrogen) atoms. The Balaban J connectivity index is 2.38. The van der Waals surface area contributed by atoms with Crippen LogP contribution in [0.5, 0.6) is 5.75 Å². The van der Waals surface area contributed by atoms with Crippen LogP contribution in [-0.4, -0.2) is 33.2 Å². The Morgan fingerprint density at radius 1 is 1.53 bits per heavy atom. The number of ether oxygens (including phenoxy) is 1. The number of hydrogen-bond acceptors (Lipinski definition) is 3. The van der Waals surface area contributed by atoms with E-state index in [2.05, 4.69) is 11.4 Å². The fourth-order valence-electron chi connectivity index (χ4n) is 2.28. The van der Waals surface area contributed by atoms with Crippen molar-refractivity contribution >= 4 is 11.6 Å². The number of rotatable bonds is 3. The number of likely N-dealkylation sites (N-methyl/N-ethyl adjacent to an activating group) is 1. The summed E-state index contributed by atoms with van der Waals surface area (Å²) in [7, 11) is 3.43. The van der Waals surface area contributed by atoms with Crippen LogP contribution in [-0.2, 0) is 11.2 Å². The number of nitrogens with zero attached hydrogens (tertiary/aromatic N) is 1. The van der Waals surface area contributed by atoms with Crippen molar-refractivity contribution in [2.45, 2.75) is 12.8 Å². The Hall–Kier alpha value is -1.55. The highest BCUT2D eigenvalue weighted by atomic mass is 16.5. The number of para-hydroxylation sites is 1. The molecule has 0 unspecified atom stereocenters. The summed E-state index contributed by atoms with van der Waals surface area (Å²) in [4.78, 5) is 13.9. The van der Waals surface area contributed by atoms with Crippen molar-refractivity contribution in [3.05, 3.63) is 23.8 Å². The topological polar surface area (TPSA) is 41.6 Å². The number of amides is 1. The van der Waals surface area contributed by atoms with E-state index in [4.69, 9.17) is 4.74 Å². The third-order valence-electron chi connectivity index (χ3n) is 3.03. The molecule has 0 aliphatic carbocycles. The zero-order chi connectivity index (χ0) is 12.3. The second kappa shape index (κ2) is 5.19. The number of fused-ring (bicyclic) bond motifs is 1. The van der Waals surface area contributed by atoms with Crippen LogP contribution in [0.25, 0.3) is 0 Å². The molecule has 0 saturated heterocycles. The lowest BCUT2D eigenvalue weighted by atomic mass is 10.0. The maximum absolute atomic E-state index is 12.0. The molecule has 92 valence electrons. The van der Waals surface area contributed by atoms with Gasteiger partial charge in [0.25, 0.3) is 0 Å². The van der Waals surface area contributed by atoms with Gasteiger partial charge < -0.3 is 15.0 Å². The van der Waals surface area contributed by atoms with E-state index in [1.54, 1.807) is 14.2 Å². The average molecular weight is 234 g/mol. The first-order chi connectivity index (χ1) is 8.27. The lowest BCUT2D eigenvalue weighted by Crippen LogP contribution is -2.40. The normalized spacial score (nSPS) is 14.4. The van der Waals surface area contributed by atoms with Crippen LogP contribution in [0.15, 0.2) is 18.2 Å². The van der Waals surface area contributed by atoms with Crippen molar-refractivity contribution in [3.63, 3.8) is 0 Å². The average Bonchev–Trinajstić information content (AvgIpc) is 2.37. The number of hydrogen-bond donors (Lipinski definition) is 1. The first-order valence-corrected chi connectivity index (χ1v) is 5.88. The molecule has 0 radical (unpaired) electrons. The minimum Gasteiger partial charge on any atom is -0.495 e. The maximum atomic E-state index is 12.0. The molecule has 1 amide bonds. The van der Waals surface area contributed by atoms with Crippen molar-refractivity contribution in [2.24, 2.45) is 0 Å². The van der Waals surface area contributed by atoms with Gasteiger partial charge in [-0.05, 0) is 31.5 Å². The molecular weight excluding hydrogens is 216 g/mol. The van der Waals surface area contributed by atoms with Gasteiger partial charge in [-0.15, -0.1) is 0 Å². The van der Waals surface area contributed by atoms with Crippen molar-refractivity contribution in [1.82, 2.24) is 5.32 Å². The van der Waals surface area contributed by atoms with Crippen molar-refractivity contribution in [2.75, 3.05) is 32.1 Å². The lowest BCUT2D eigenvalue weighted by molar-refractivity contribution is -0.117.